The summed E-state index contributed by atoms with van der Waals surface area (Å²) in [5.74, 6) is -1.11. The molecule has 0 aromatic heterocycles. The quantitative estimate of drug-likeness (QED) is 0.541. The average molecular weight is 374 g/mol. The summed E-state index contributed by atoms with van der Waals surface area (Å²) in [5.41, 5.74) is 12.5. The molecule has 0 bridgehead atoms. The number of sulfonamides is 1. The van der Waals surface area contributed by atoms with E-state index < -0.39 is 21.9 Å². The molecule has 0 fully saturated rings. The molecule has 0 aliphatic carbocycles. The van der Waals surface area contributed by atoms with Crippen LogP contribution < -0.4 is 16.6 Å². The van der Waals surface area contributed by atoms with E-state index in [1.807, 2.05) is 19.9 Å². The average Bonchev–Trinajstić information content (AvgIpc) is 2.59. The molecule has 2 rings (SSSR count). The topological polar surface area (TPSA) is 142 Å². The van der Waals surface area contributed by atoms with E-state index >= 15 is 0 Å². The van der Waals surface area contributed by atoms with Gasteiger partial charge in [0.15, 0.2) is 5.96 Å². The first kappa shape index (κ1) is 19.6. The molecular weight excluding hydrogens is 352 g/mol. The molecule has 0 aliphatic rings. The van der Waals surface area contributed by atoms with Gasteiger partial charge in [-0.3, -0.25) is 4.79 Å². The maximum absolute atomic E-state index is 12.4. The van der Waals surface area contributed by atoms with E-state index in [0.29, 0.717) is 16.7 Å². The van der Waals surface area contributed by atoms with Crippen LogP contribution in [-0.2, 0) is 10.0 Å². The number of primary sulfonamides is 1. The third-order valence-electron chi connectivity index (χ3n) is 4.15. The van der Waals surface area contributed by atoms with Crippen LogP contribution in [0.2, 0.25) is 0 Å². The second-order valence-corrected chi connectivity index (χ2v) is 7.53. The SMILES string of the molecule is CCC(C)c1cc(-c2ccccc2)c(S(N)(=O)=O)cc1C(=O)N=C(N)N. The summed E-state index contributed by atoms with van der Waals surface area (Å²) >= 11 is 0. The van der Waals surface area contributed by atoms with Crippen LogP contribution in [0.5, 0.6) is 0 Å². The van der Waals surface area contributed by atoms with Crippen LogP contribution in [-0.4, -0.2) is 20.3 Å². The van der Waals surface area contributed by atoms with Gasteiger partial charge >= 0.3 is 0 Å². The Bertz CT molecular complexity index is 950. The molecule has 0 radical (unpaired) electrons. The van der Waals surface area contributed by atoms with Crippen molar-refractivity contribution in [2.24, 2.45) is 21.6 Å². The maximum atomic E-state index is 12.4. The fraction of sp³-hybridized carbons (Fsp3) is 0.222. The van der Waals surface area contributed by atoms with Crippen molar-refractivity contribution in [1.82, 2.24) is 0 Å². The zero-order valence-electron chi connectivity index (χ0n) is 14.6. The molecule has 7 nitrogen and oxygen atoms in total. The number of nitrogens with zero attached hydrogens (tertiary/aromatic N) is 1. The van der Waals surface area contributed by atoms with Crippen LogP contribution >= 0.6 is 0 Å². The standard InChI is InChI=1S/C18H22N4O3S/c1-3-11(2)13-9-14(12-7-5-4-6-8-12)16(26(21,24)25)10-15(13)17(23)22-18(19)20/h4-11H,3H2,1-2H3,(H2,21,24,25)(H4,19,20,22,23). The van der Waals surface area contributed by atoms with Gasteiger partial charge in [0.2, 0.25) is 10.0 Å². The van der Waals surface area contributed by atoms with Gasteiger partial charge in [-0.25, -0.2) is 13.6 Å². The zero-order chi connectivity index (χ0) is 19.5. The second-order valence-electron chi connectivity index (χ2n) is 6.00. The van der Waals surface area contributed by atoms with Gasteiger partial charge in [-0.15, -0.1) is 0 Å². The Labute approximate surface area is 153 Å². The monoisotopic (exact) mass is 374 g/mol. The zero-order valence-corrected chi connectivity index (χ0v) is 15.5. The summed E-state index contributed by atoms with van der Waals surface area (Å²) < 4.78 is 24.3. The number of carbonyl (C=O) groups is 1. The Morgan fingerprint density at radius 3 is 2.27 bits per heavy atom. The van der Waals surface area contributed by atoms with Gasteiger partial charge in [0.1, 0.15) is 0 Å². The van der Waals surface area contributed by atoms with Crippen LogP contribution in [0.25, 0.3) is 11.1 Å². The Hall–Kier alpha value is -2.71. The molecule has 2 aromatic rings. The molecule has 1 unspecified atom stereocenters. The normalized spacial score (nSPS) is 12.4. The third kappa shape index (κ3) is 4.27. The molecule has 0 aliphatic heterocycles. The molecule has 8 heteroatoms. The number of hydrogen-bond donors (Lipinski definition) is 3. The summed E-state index contributed by atoms with van der Waals surface area (Å²) in [4.78, 5) is 15.8. The molecule has 0 saturated heterocycles. The minimum atomic E-state index is -4.08. The van der Waals surface area contributed by atoms with Gasteiger partial charge in [0, 0.05) is 11.1 Å². The molecule has 0 spiro atoms. The van der Waals surface area contributed by atoms with E-state index in [1.165, 1.54) is 6.07 Å². The Balaban J connectivity index is 2.86. The van der Waals surface area contributed by atoms with E-state index in [4.69, 9.17) is 16.6 Å². The number of hydrogen-bond acceptors (Lipinski definition) is 3. The fourth-order valence-corrected chi connectivity index (χ4v) is 3.43. The highest BCUT2D eigenvalue weighted by atomic mass is 32.2. The van der Waals surface area contributed by atoms with Crippen molar-refractivity contribution in [2.45, 2.75) is 31.1 Å². The van der Waals surface area contributed by atoms with Crippen molar-refractivity contribution in [3.05, 3.63) is 53.6 Å². The molecule has 6 N–H and O–H groups in total. The van der Waals surface area contributed by atoms with Crippen molar-refractivity contribution in [2.75, 3.05) is 0 Å². The van der Waals surface area contributed by atoms with E-state index in [9.17, 15) is 13.2 Å². The van der Waals surface area contributed by atoms with Crippen LogP contribution in [0.3, 0.4) is 0 Å². The lowest BCUT2D eigenvalue weighted by molar-refractivity contribution is 0.100. The van der Waals surface area contributed by atoms with E-state index in [1.54, 1.807) is 30.3 Å². The molecule has 0 saturated carbocycles. The Morgan fingerprint density at radius 2 is 1.77 bits per heavy atom. The summed E-state index contributed by atoms with van der Waals surface area (Å²) in [6.07, 6.45) is 0.741. The maximum Gasteiger partial charge on any atom is 0.280 e. The molecule has 0 heterocycles. The number of amides is 1. The summed E-state index contributed by atoms with van der Waals surface area (Å²) in [7, 11) is -4.08. The number of guanidine groups is 1. The van der Waals surface area contributed by atoms with Gasteiger partial charge in [-0.05, 0) is 35.6 Å². The predicted molar refractivity (Wildman–Crippen MR) is 102 cm³/mol. The van der Waals surface area contributed by atoms with Gasteiger partial charge in [0.25, 0.3) is 5.91 Å². The molecular formula is C18H22N4O3S. The number of aliphatic imine (C=N–C) groups is 1. The predicted octanol–water partition coefficient (Wildman–Crippen LogP) is 1.93. The van der Waals surface area contributed by atoms with Gasteiger partial charge in [-0.2, -0.15) is 4.99 Å². The lowest BCUT2D eigenvalue weighted by Crippen LogP contribution is -2.24. The third-order valence-corrected chi connectivity index (χ3v) is 5.10. The Kier molecular flexibility index (Phi) is 5.79. The van der Waals surface area contributed by atoms with Gasteiger partial charge in [-0.1, -0.05) is 44.2 Å². The highest BCUT2D eigenvalue weighted by Crippen LogP contribution is 2.34. The highest BCUT2D eigenvalue weighted by molar-refractivity contribution is 7.89. The van der Waals surface area contributed by atoms with Crippen molar-refractivity contribution in [3.8, 4) is 11.1 Å². The molecule has 138 valence electrons. The van der Waals surface area contributed by atoms with Crippen LogP contribution in [0.4, 0.5) is 0 Å². The molecule has 26 heavy (non-hydrogen) atoms. The first-order valence-corrected chi connectivity index (χ1v) is 9.59. The lowest BCUT2D eigenvalue weighted by atomic mass is 9.90. The first-order chi connectivity index (χ1) is 12.1. The number of rotatable bonds is 5. The summed E-state index contributed by atoms with van der Waals surface area (Å²) in [6.45, 7) is 3.91. The van der Waals surface area contributed by atoms with Gasteiger partial charge in [0.05, 0.1) is 4.90 Å². The van der Waals surface area contributed by atoms with E-state index in [2.05, 4.69) is 4.99 Å². The minimum absolute atomic E-state index is 0.0138. The van der Waals surface area contributed by atoms with Crippen LogP contribution in [0.15, 0.2) is 52.4 Å². The molecule has 2 aromatic carbocycles. The van der Waals surface area contributed by atoms with E-state index in [-0.39, 0.29) is 16.4 Å². The van der Waals surface area contributed by atoms with Crippen molar-refractivity contribution < 1.29 is 13.2 Å². The largest absolute Gasteiger partial charge is 0.370 e. The van der Waals surface area contributed by atoms with Crippen LogP contribution in [0.1, 0.15) is 42.1 Å². The van der Waals surface area contributed by atoms with Crippen molar-refractivity contribution in [1.29, 1.82) is 0 Å². The Morgan fingerprint density at radius 1 is 1.15 bits per heavy atom. The lowest BCUT2D eigenvalue weighted by Gasteiger charge is -2.18. The highest BCUT2D eigenvalue weighted by Gasteiger charge is 2.23. The first-order valence-electron chi connectivity index (χ1n) is 8.05. The number of nitrogens with two attached hydrogens (primary N) is 3. The van der Waals surface area contributed by atoms with Crippen molar-refractivity contribution in [3.63, 3.8) is 0 Å². The molecule has 1 atom stereocenters. The summed E-state index contributed by atoms with van der Waals surface area (Å²) in [6, 6.07) is 11.9. The fourth-order valence-electron chi connectivity index (χ4n) is 2.67. The summed E-state index contributed by atoms with van der Waals surface area (Å²) in [5, 5.41) is 5.40. The minimum Gasteiger partial charge on any atom is -0.370 e. The smallest absolute Gasteiger partial charge is 0.280 e. The number of benzene rings is 2. The number of carbonyl (C=O) groups excluding carboxylic acids is 1. The molecule has 1 amide bonds. The second kappa shape index (κ2) is 7.67. The van der Waals surface area contributed by atoms with Crippen LogP contribution in [0, 0.1) is 0 Å². The van der Waals surface area contributed by atoms with Crippen molar-refractivity contribution >= 4 is 21.9 Å². The van der Waals surface area contributed by atoms with E-state index in [0.717, 1.165) is 6.42 Å². The van der Waals surface area contributed by atoms with Gasteiger partial charge < -0.3 is 11.5 Å².